The summed E-state index contributed by atoms with van der Waals surface area (Å²) in [6.07, 6.45) is 4.06. The summed E-state index contributed by atoms with van der Waals surface area (Å²) >= 11 is 0. The lowest BCUT2D eigenvalue weighted by Gasteiger charge is -2.19. The van der Waals surface area contributed by atoms with Gasteiger partial charge in [0.2, 0.25) is 0 Å². The van der Waals surface area contributed by atoms with Gasteiger partial charge in [0.05, 0.1) is 11.4 Å². The van der Waals surface area contributed by atoms with E-state index in [1.807, 2.05) is 28.8 Å². The van der Waals surface area contributed by atoms with Crippen molar-refractivity contribution in [1.82, 2.24) is 14.3 Å². The van der Waals surface area contributed by atoms with Crippen LogP contribution in [0.3, 0.4) is 0 Å². The van der Waals surface area contributed by atoms with Crippen LogP contribution in [0.2, 0.25) is 0 Å². The Morgan fingerprint density at radius 2 is 2.26 bits per heavy atom. The summed E-state index contributed by atoms with van der Waals surface area (Å²) < 4.78 is 1.89. The lowest BCUT2D eigenvalue weighted by Crippen LogP contribution is -2.27. The molecule has 1 fully saturated rings. The van der Waals surface area contributed by atoms with Crippen molar-refractivity contribution in [2.75, 3.05) is 13.1 Å². The van der Waals surface area contributed by atoms with Crippen molar-refractivity contribution in [1.29, 1.82) is 0 Å². The number of rotatable bonds is 3. The van der Waals surface area contributed by atoms with Crippen molar-refractivity contribution < 1.29 is 4.79 Å². The number of nitrogens with zero attached hydrogens (tertiary/aromatic N) is 3. The van der Waals surface area contributed by atoms with Crippen LogP contribution < -0.4 is 0 Å². The number of carbonyl (C=O) groups is 1. The van der Waals surface area contributed by atoms with Crippen molar-refractivity contribution in [2.24, 2.45) is 0 Å². The van der Waals surface area contributed by atoms with Crippen LogP contribution in [-0.4, -0.2) is 39.7 Å². The van der Waals surface area contributed by atoms with Crippen LogP contribution in [0.1, 0.15) is 42.4 Å². The quantitative estimate of drug-likeness (QED) is 0.792. The van der Waals surface area contributed by atoms with Gasteiger partial charge in [-0.15, -0.1) is 0 Å². The maximum Gasteiger partial charge on any atom is 0.166 e. The first-order valence-corrected chi connectivity index (χ1v) is 6.86. The Morgan fingerprint density at radius 1 is 1.42 bits per heavy atom. The average molecular weight is 257 g/mol. The molecule has 1 saturated heterocycles. The molecule has 1 aliphatic heterocycles. The number of aldehydes is 1. The van der Waals surface area contributed by atoms with Gasteiger partial charge in [-0.1, -0.05) is 6.07 Å². The van der Waals surface area contributed by atoms with E-state index in [1.54, 1.807) is 0 Å². The monoisotopic (exact) mass is 257 g/mol. The second kappa shape index (κ2) is 4.78. The van der Waals surface area contributed by atoms with E-state index in [4.69, 9.17) is 0 Å². The fourth-order valence-corrected chi connectivity index (χ4v) is 2.84. The summed E-state index contributed by atoms with van der Waals surface area (Å²) in [6.45, 7) is 6.67. The van der Waals surface area contributed by atoms with E-state index < -0.39 is 0 Å². The van der Waals surface area contributed by atoms with Crippen LogP contribution in [0.25, 0.3) is 5.65 Å². The molecule has 0 radical (unpaired) electrons. The zero-order chi connectivity index (χ0) is 13.4. The molecule has 3 rings (SSSR count). The van der Waals surface area contributed by atoms with Crippen LogP contribution in [0.4, 0.5) is 0 Å². The van der Waals surface area contributed by atoms with E-state index in [0.29, 0.717) is 17.7 Å². The van der Waals surface area contributed by atoms with Crippen LogP contribution >= 0.6 is 0 Å². The number of fused-ring (bicyclic) bond motifs is 1. The molecular weight excluding hydrogens is 238 g/mol. The highest BCUT2D eigenvalue weighted by atomic mass is 16.1. The smallest absolute Gasteiger partial charge is 0.166 e. The van der Waals surface area contributed by atoms with Gasteiger partial charge in [-0.05, 0) is 38.9 Å². The Morgan fingerprint density at radius 3 is 2.95 bits per heavy atom. The molecule has 3 heterocycles. The molecule has 0 spiro atoms. The second-order valence-electron chi connectivity index (χ2n) is 5.54. The number of likely N-dealkylation sites (tertiary alicyclic amines) is 1. The Kier molecular flexibility index (Phi) is 3.11. The molecule has 1 aliphatic rings. The highest BCUT2D eigenvalue weighted by Crippen LogP contribution is 2.28. The van der Waals surface area contributed by atoms with Gasteiger partial charge < -0.3 is 4.90 Å². The predicted molar refractivity (Wildman–Crippen MR) is 74.6 cm³/mol. The fraction of sp³-hybridized carbons (Fsp3) is 0.467. The molecule has 1 atom stereocenters. The van der Waals surface area contributed by atoms with E-state index in [9.17, 15) is 4.79 Å². The lowest BCUT2D eigenvalue weighted by molar-refractivity contribution is 0.111. The van der Waals surface area contributed by atoms with Gasteiger partial charge >= 0.3 is 0 Å². The van der Waals surface area contributed by atoms with Crippen molar-refractivity contribution in [3.8, 4) is 0 Å². The molecule has 0 N–H and O–H groups in total. The number of hydrogen-bond acceptors (Lipinski definition) is 3. The van der Waals surface area contributed by atoms with E-state index in [1.165, 1.54) is 0 Å². The second-order valence-corrected chi connectivity index (χ2v) is 5.54. The molecule has 0 amide bonds. The third kappa shape index (κ3) is 2.16. The van der Waals surface area contributed by atoms with E-state index in [-0.39, 0.29) is 0 Å². The molecule has 0 aromatic carbocycles. The average Bonchev–Trinajstić information content (AvgIpc) is 3.04. The topological polar surface area (TPSA) is 37.6 Å². The molecule has 2 aromatic heterocycles. The van der Waals surface area contributed by atoms with Crippen LogP contribution in [0.5, 0.6) is 0 Å². The standard InChI is InChI=1S/C15H19N3O/c1-11(2)17-7-6-12(8-17)14-9-18-13(10-19)4-3-5-15(18)16-14/h3-5,9-12H,6-8H2,1-2H3. The normalized spacial score (nSPS) is 20.5. The van der Waals surface area contributed by atoms with Gasteiger partial charge in [-0.2, -0.15) is 0 Å². The number of pyridine rings is 1. The molecule has 2 aromatic rings. The molecule has 4 nitrogen and oxygen atoms in total. The predicted octanol–water partition coefficient (Wildman–Crippen LogP) is 2.34. The molecule has 0 aliphatic carbocycles. The van der Waals surface area contributed by atoms with Gasteiger partial charge in [0.25, 0.3) is 0 Å². The van der Waals surface area contributed by atoms with Gasteiger partial charge in [-0.25, -0.2) is 4.98 Å². The van der Waals surface area contributed by atoms with Crippen molar-refractivity contribution in [3.63, 3.8) is 0 Å². The summed E-state index contributed by atoms with van der Waals surface area (Å²) in [5.41, 5.74) is 2.63. The third-order valence-corrected chi connectivity index (χ3v) is 4.03. The third-order valence-electron chi connectivity index (χ3n) is 4.03. The first kappa shape index (κ1) is 12.4. The molecule has 0 saturated carbocycles. The highest BCUT2D eigenvalue weighted by molar-refractivity contribution is 5.73. The Labute approximate surface area is 113 Å². The molecule has 1 unspecified atom stereocenters. The first-order chi connectivity index (χ1) is 9.19. The number of hydrogen-bond donors (Lipinski definition) is 0. The highest BCUT2D eigenvalue weighted by Gasteiger charge is 2.27. The zero-order valence-electron chi connectivity index (χ0n) is 11.4. The SMILES string of the molecule is CC(C)N1CCC(c2cn3c(C=O)cccc3n2)C1. The number of carbonyl (C=O) groups excluding carboxylic acids is 1. The van der Waals surface area contributed by atoms with E-state index in [0.717, 1.165) is 37.1 Å². The summed E-state index contributed by atoms with van der Waals surface area (Å²) in [5, 5.41) is 0. The minimum absolute atomic E-state index is 0.488. The number of aromatic nitrogens is 2. The Hall–Kier alpha value is -1.68. The summed E-state index contributed by atoms with van der Waals surface area (Å²) in [7, 11) is 0. The van der Waals surface area contributed by atoms with E-state index >= 15 is 0 Å². The molecule has 100 valence electrons. The van der Waals surface area contributed by atoms with Crippen molar-refractivity contribution in [3.05, 3.63) is 35.8 Å². The minimum Gasteiger partial charge on any atom is -0.300 e. The molecule has 19 heavy (non-hydrogen) atoms. The molecule has 4 heteroatoms. The van der Waals surface area contributed by atoms with Gasteiger partial charge in [0.15, 0.2) is 6.29 Å². The summed E-state index contributed by atoms with van der Waals surface area (Å²) in [5.74, 6) is 0.488. The van der Waals surface area contributed by atoms with Gasteiger partial charge in [-0.3, -0.25) is 9.20 Å². The largest absolute Gasteiger partial charge is 0.300 e. The van der Waals surface area contributed by atoms with Crippen LogP contribution in [0, 0.1) is 0 Å². The van der Waals surface area contributed by atoms with Crippen molar-refractivity contribution >= 4 is 11.9 Å². The maximum absolute atomic E-state index is 11.0. The first-order valence-electron chi connectivity index (χ1n) is 6.86. The Balaban J connectivity index is 1.92. The minimum atomic E-state index is 0.488. The summed E-state index contributed by atoms with van der Waals surface area (Å²) in [4.78, 5) is 18.2. The lowest BCUT2D eigenvalue weighted by atomic mass is 10.1. The maximum atomic E-state index is 11.0. The number of imidazole rings is 1. The van der Waals surface area contributed by atoms with E-state index in [2.05, 4.69) is 23.7 Å². The van der Waals surface area contributed by atoms with Gasteiger partial charge in [0.1, 0.15) is 5.65 Å². The summed E-state index contributed by atoms with van der Waals surface area (Å²) in [6, 6.07) is 6.24. The molecular formula is C15H19N3O. The van der Waals surface area contributed by atoms with Crippen molar-refractivity contribution in [2.45, 2.75) is 32.2 Å². The Bertz CT molecular complexity index is 602. The van der Waals surface area contributed by atoms with Crippen LogP contribution in [-0.2, 0) is 0 Å². The van der Waals surface area contributed by atoms with Crippen LogP contribution in [0.15, 0.2) is 24.4 Å². The fourth-order valence-electron chi connectivity index (χ4n) is 2.84. The molecule has 0 bridgehead atoms. The van der Waals surface area contributed by atoms with Gasteiger partial charge in [0, 0.05) is 24.7 Å². The zero-order valence-corrected chi connectivity index (χ0v) is 11.4.